The lowest BCUT2D eigenvalue weighted by Gasteiger charge is -2.20. The van der Waals surface area contributed by atoms with Crippen LogP contribution in [-0.4, -0.2) is 60.5 Å². The number of hydrogen-bond donors (Lipinski definition) is 3. The minimum Gasteiger partial charge on any atom is -0.480 e. The Labute approximate surface area is 399 Å². The molecular formula is C54H102NO9P. The van der Waals surface area contributed by atoms with E-state index in [-0.39, 0.29) is 13.0 Å². The lowest BCUT2D eigenvalue weighted by Crippen LogP contribution is -2.34. The van der Waals surface area contributed by atoms with Gasteiger partial charge in [-0.1, -0.05) is 237 Å². The minimum absolute atomic E-state index is 0.0132. The number of carboxylic acids is 1. The van der Waals surface area contributed by atoms with Gasteiger partial charge in [-0.3, -0.25) is 18.6 Å². The fourth-order valence-electron chi connectivity index (χ4n) is 7.73. The number of nitrogens with two attached hydrogens (primary N) is 1. The molecule has 0 amide bonds. The average molecular weight is 940 g/mol. The maximum Gasteiger partial charge on any atom is 0.472 e. The maximum atomic E-state index is 12.7. The fraction of sp³-hybridized carbons (Fsp3) is 0.852. The van der Waals surface area contributed by atoms with Gasteiger partial charge in [0.25, 0.3) is 0 Å². The highest BCUT2D eigenvalue weighted by molar-refractivity contribution is 7.47. The van der Waals surface area contributed by atoms with Crippen LogP contribution in [-0.2, 0) is 32.7 Å². The van der Waals surface area contributed by atoms with E-state index in [2.05, 4.69) is 50.3 Å². The van der Waals surface area contributed by atoms with E-state index in [0.717, 1.165) is 51.4 Å². The molecule has 0 aromatic rings. The van der Waals surface area contributed by atoms with E-state index < -0.39 is 45.1 Å². The molecule has 0 aliphatic carbocycles. The summed E-state index contributed by atoms with van der Waals surface area (Å²) in [5, 5.41) is 8.94. The van der Waals surface area contributed by atoms with Gasteiger partial charge in [-0.25, -0.2) is 4.57 Å². The van der Waals surface area contributed by atoms with Crippen LogP contribution in [0.4, 0.5) is 0 Å². The standard InChI is InChI=1S/C54H102NO9P/c1-3-5-7-9-11-13-15-17-19-21-23-25-26-27-28-30-32-34-36-38-40-42-44-46-53(56)64-51(49-62-65(59,60)63-50-52(55)54(57)58)48-61-47-45-43-41-39-37-35-33-31-29-24-22-20-18-16-14-12-10-8-6-4-2/h12,14,18,20,24,29,51-52H,3-11,13,15-17,19,21-23,25-28,30-50,55H2,1-2H3,(H,57,58)(H,59,60)/b14-12-,20-18-,29-24-. The first-order valence-electron chi connectivity index (χ1n) is 27.0. The number of phosphoric ester groups is 1. The second kappa shape index (κ2) is 50.1. The molecule has 0 aromatic carbocycles. The van der Waals surface area contributed by atoms with E-state index in [1.807, 2.05) is 0 Å². The predicted octanol–water partition coefficient (Wildman–Crippen LogP) is 16.0. The number of aliphatic carboxylic acids is 1. The van der Waals surface area contributed by atoms with Crippen molar-refractivity contribution in [3.63, 3.8) is 0 Å². The van der Waals surface area contributed by atoms with Gasteiger partial charge in [-0.2, -0.15) is 0 Å². The number of hydrogen-bond acceptors (Lipinski definition) is 8. The zero-order valence-corrected chi connectivity index (χ0v) is 43.0. The van der Waals surface area contributed by atoms with Gasteiger partial charge in [0.1, 0.15) is 12.1 Å². The van der Waals surface area contributed by atoms with Crippen LogP contribution in [0.3, 0.4) is 0 Å². The summed E-state index contributed by atoms with van der Waals surface area (Å²) in [4.78, 5) is 33.7. The van der Waals surface area contributed by atoms with Crippen LogP contribution < -0.4 is 5.73 Å². The number of ether oxygens (including phenoxy) is 2. The number of carboxylic acid groups (broad SMARTS) is 1. The smallest absolute Gasteiger partial charge is 0.472 e. The molecule has 3 atom stereocenters. The lowest BCUT2D eigenvalue weighted by atomic mass is 10.0. The van der Waals surface area contributed by atoms with Gasteiger partial charge >= 0.3 is 19.8 Å². The van der Waals surface area contributed by atoms with E-state index >= 15 is 0 Å². The molecule has 382 valence electrons. The van der Waals surface area contributed by atoms with Crippen LogP contribution in [0.1, 0.15) is 258 Å². The van der Waals surface area contributed by atoms with Crippen molar-refractivity contribution in [1.82, 2.24) is 0 Å². The van der Waals surface area contributed by atoms with Crippen LogP contribution in [0.2, 0.25) is 0 Å². The zero-order valence-electron chi connectivity index (χ0n) is 42.1. The van der Waals surface area contributed by atoms with Gasteiger partial charge in [-0.05, 0) is 51.4 Å². The van der Waals surface area contributed by atoms with Crippen molar-refractivity contribution in [1.29, 1.82) is 0 Å². The van der Waals surface area contributed by atoms with Crippen LogP contribution in [0, 0.1) is 0 Å². The second-order valence-electron chi connectivity index (χ2n) is 18.4. The topological polar surface area (TPSA) is 155 Å². The minimum atomic E-state index is -4.62. The third-order valence-corrected chi connectivity index (χ3v) is 12.9. The van der Waals surface area contributed by atoms with Crippen molar-refractivity contribution in [2.45, 2.75) is 270 Å². The van der Waals surface area contributed by atoms with Crippen molar-refractivity contribution >= 4 is 19.8 Å². The summed E-state index contributed by atoms with van der Waals surface area (Å²) in [5.41, 5.74) is 5.38. The lowest BCUT2D eigenvalue weighted by molar-refractivity contribution is -0.154. The molecule has 0 saturated heterocycles. The number of esters is 1. The van der Waals surface area contributed by atoms with E-state index in [0.29, 0.717) is 13.0 Å². The number of rotatable bonds is 52. The quantitative estimate of drug-likeness (QED) is 0.0232. The van der Waals surface area contributed by atoms with Crippen molar-refractivity contribution in [2.75, 3.05) is 26.4 Å². The van der Waals surface area contributed by atoms with Crippen LogP contribution in [0.5, 0.6) is 0 Å². The van der Waals surface area contributed by atoms with Gasteiger partial charge in [0.2, 0.25) is 0 Å². The molecule has 0 bridgehead atoms. The Morgan fingerprint density at radius 2 is 0.846 bits per heavy atom. The predicted molar refractivity (Wildman–Crippen MR) is 272 cm³/mol. The number of carbonyl (C=O) groups excluding carboxylic acids is 1. The summed E-state index contributed by atoms with van der Waals surface area (Å²) in [7, 11) is -4.62. The third-order valence-electron chi connectivity index (χ3n) is 11.9. The van der Waals surface area contributed by atoms with Gasteiger partial charge in [0.15, 0.2) is 0 Å². The molecule has 3 unspecified atom stereocenters. The molecule has 0 aliphatic heterocycles. The number of allylic oxidation sites excluding steroid dienone is 6. The van der Waals surface area contributed by atoms with Crippen LogP contribution in [0.25, 0.3) is 0 Å². The molecule has 0 fully saturated rings. The van der Waals surface area contributed by atoms with Gasteiger partial charge in [0.05, 0.1) is 19.8 Å². The molecule has 0 saturated carbocycles. The Bertz CT molecular complexity index is 1180. The van der Waals surface area contributed by atoms with Gasteiger partial charge in [0, 0.05) is 13.0 Å². The van der Waals surface area contributed by atoms with Crippen molar-refractivity contribution in [3.8, 4) is 0 Å². The maximum absolute atomic E-state index is 12.7. The van der Waals surface area contributed by atoms with Gasteiger partial charge in [-0.15, -0.1) is 0 Å². The highest BCUT2D eigenvalue weighted by Crippen LogP contribution is 2.43. The molecule has 11 heteroatoms. The highest BCUT2D eigenvalue weighted by atomic mass is 31.2. The van der Waals surface area contributed by atoms with Gasteiger partial charge < -0.3 is 25.2 Å². The SMILES string of the molecule is CCCCC/C=C\C/C=C\C/C=C\CCCCCCCCCOCC(COP(=O)(O)OCC(N)C(=O)O)OC(=O)CCCCCCCCCCCCCCCCCCCCCCCCC. The van der Waals surface area contributed by atoms with Crippen molar-refractivity contribution in [3.05, 3.63) is 36.5 Å². The Kier molecular flexibility index (Phi) is 48.7. The molecule has 4 N–H and O–H groups in total. The van der Waals surface area contributed by atoms with E-state index in [4.69, 9.17) is 29.4 Å². The molecule has 0 rings (SSSR count). The highest BCUT2D eigenvalue weighted by Gasteiger charge is 2.27. The molecule has 0 aromatic heterocycles. The first-order valence-corrected chi connectivity index (χ1v) is 28.5. The summed E-state index contributed by atoms with van der Waals surface area (Å²) in [6.45, 7) is 3.88. The number of carbonyl (C=O) groups is 2. The Morgan fingerprint density at radius 1 is 0.492 bits per heavy atom. The summed E-state index contributed by atoms with van der Waals surface area (Å²) >= 11 is 0. The van der Waals surface area contributed by atoms with Crippen molar-refractivity contribution < 1.29 is 42.7 Å². The Morgan fingerprint density at radius 3 is 1.29 bits per heavy atom. The summed E-state index contributed by atoms with van der Waals surface area (Å²) < 4.78 is 33.5. The summed E-state index contributed by atoms with van der Waals surface area (Å²) in [6, 6.07) is -1.47. The fourth-order valence-corrected chi connectivity index (χ4v) is 8.51. The number of unbranched alkanes of at least 4 members (excludes halogenated alkanes) is 32. The van der Waals surface area contributed by atoms with Crippen LogP contribution in [0.15, 0.2) is 36.5 Å². The second-order valence-corrected chi connectivity index (χ2v) is 19.8. The summed E-state index contributed by atoms with van der Waals surface area (Å²) in [6.07, 6.45) is 59.2. The molecule has 0 heterocycles. The van der Waals surface area contributed by atoms with Crippen molar-refractivity contribution in [2.24, 2.45) is 5.73 Å². The Balaban J connectivity index is 4.10. The van der Waals surface area contributed by atoms with E-state index in [1.165, 1.54) is 180 Å². The Hall–Kier alpha value is -1.81. The van der Waals surface area contributed by atoms with Crippen LogP contribution >= 0.6 is 7.82 Å². The molecule has 65 heavy (non-hydrogen) atoms. The summed E-state index contributed by atoms with van der Waals surface area (Å²) in [5.74, 6) is -1.77. The molecule has 10 nitrogen and oxygen atoms in total. The van der Waals surface area contributed by atoms with E-state index in [9.17, 15) is 19.0 Å². The first-order chi connectivity index (χ1) is 31.7. The van der Waals surface area contributed by atoms with E-state index in [1.54, 1.807) is 0 Å². The molecular weight excluding hydrogens is 838 g/mol. The normalized spacial score (nSPS) is 13.9. The molecule has 0 spiro atoms. The average Bonchev–Trinajstić information content (AvgIpc) is 3.29. The molecule has 0 radical (unpaired) electrons. The first kappa shape index (κ1) is 63.2. The number of phosphoric acid groups is 1. The largest absolute Gasteiger partial charge is 0.480 e. The monoisotopic (exact) mass is 940 g/mol. The zero-order chi connectivity index (χ0) is 47.6. The molecule has 0 aliphatic rings. The third kappa shape index (κ3) is 49.9.